The summed E-state index contributed by atoms with van der Waals surface area (Å²) in [6.45, 7) is 7.47. The number of anilines is 1. The van der Waals surface area contributed by atoms with Crippen molar-refractivity contribution in [2.24, 2.45) is 0 Å². The van der Waals surface area contributed by atoms with Crippen molar-refractivity contribution in [3.05, 3.63) is 29.3 Å². The summed E-state index contributed by atoms with van der Waals surface area (Å²) in [4.78, 5) is 28.3. The first kappa shape index (κ1) is 22.4. The summed E-state index contributed by atoms with van der Waals surface area (Å²) in [5.41, 5.74) is 3.06. The third-order valence-electron chi connectivity index (χ3n) is 5.56. The van der Waals surface area contributed by atoms with Crippen molar-refractivity contribution in [3.63, 3.8) is 0 Å². The third-order valence-corrected chi connectivity index (χ3v) is 5.56. The van der Waals surface area contributed by atoms with Crippen LogP contribution in [-0.2, 0) is 14.3 Å². The molecule has 6 nitrogen and oxygen atoms in total. The highest BCUT2D eigenvalue weighted by atomic mass is 16.5. The van der Waals surface area contributed by atoms with Gasteiger partial charge in [0.25, 0.3) is 11.8 Å². The van der Waals surface area contributed by atoms with Crippen LogP contribution in [0.25, 0.3) is 0 Å². The molecule has 2 rings (SSSR count). The Hall–Kier alpha value is -1.92. The van der Waals surface area contributed by atoms with Gasteiger partial charge in [-0.25, -0.2) is 0 Å². The predicted molar refractivity (Wildman–Crippen MR) is 112 cm³/mol. The number of benzene rings is 1. The fraction of sp³-hybridized carbons (Fsp3) is 0.636. The number of aryl methyl sites for hydroxylation is 1. The van der Waals surface area contributed by atoms with Gasteiger partial charge in [0, 0.05) is 25.9 Å². The third kappa shape index (κ3) is 7.24. The van der Waals surface area contributed by atoms with E-state index in [-0.39, 0.29) is 18.4 Å². The lowest BCUT2D eigenvalue weighted by Gasteiger charge is -2.27. The van der Waals surface area contributed by atoms with Gasteiger partial charge >= 0.3 is 0 Å². The van der Waals surface area contributed by atoms with Crippen molar-refractivity contribution >= 4 is 17.5 Å². The molecule has 1 unspecified atom stereocenters. The van der Waals surface area contributed by atoms with Gasteiger partial charge in [0.2, 0.25) is 0 Å². The molecular weight excluding hydrogens is 354 g/mol. The number of likely N-dealkylation sites (tertiary alicyclic amines) is 1. The number of hydrogen-bond acceptors (Lipinski definition) is 3. The topological polar surface area (TPSA) is 63.1 Å². The molecule has 1 aliphatic rings. The number of methoxy groups -OCH3 is 1. The molecule has 1 fully saturated rings. The van der Waals surface area contributed by atoms with E-state index in [1.54, 1.807) is 7.11 Å². The maximum Gasteiger partial charge on any atom is 0.279 e. The van der Waals surface area contributed by atoms with Crippen LogP contribution in [0.3, 0.4) is 0 Å². The average Bonchev–Trinajstić information content (AvgIpc) is 2.63. The quantitative estimate of drug-likeness (QED) is 0.708. The van der Waals surface area contributed by atoms with E-state index in [0.717, 1.165) is 47.6 Å². The molecule has 0 saturated carbocycles. The molecule has 2 N–H and O–H groups in total. The van der Waals surface area contributed by atoms with E-state index >= 15 is 0 Å². The van der Waals surface area contributed by atoms with Gasteiger partial charge in [0.1, 0.15) is 6.54 Å². The summed E-state index contributed by atoms with van der Waals surface area (Å²) in [5, 5.41) is 3.00. The Balaban J connectivity index is 1.94. The van der Waals surface area contributed by atoms with Crippen LogP contribution in [0.1, 0.15) is 43.2 Å². The molecule has 28 heavy (non-hydrogen) atoms. The summed E-state index contributed by atoms with van der Waals surface area (Å²) in [5.74, 6) is 0.0767. The van der Waals surface area contributed by atoms with E-state index in [1.165, 1.54) is 19.3 Å². The van der Waals surface area contributed by atoms with Crippen LogP contribution in [0, 0.1) is 13.8 Å². The van der Waals surface area contributed by atoms with Crippen molar-refractivity contribution in [2.75, 3.05) is 51.8 Å². The van der Waals surface area contributed by atoms with E-state index in [4.69, 9.17) is 4.74 Å². The minimum Gasteiger partial charge on any atom is -0.379 e. The maximum absolute atomic E-state index is 12.8. The summed E-state index contributed by atoms with van der Waals surface area (Å²) in [6, 6.07) is 5.89. The summed E-state index contributed by atoms with van der Waals surface area (Å²) in [7, 11) is 1.65. The molecule has 1 aliphatic heterocycles. The van der Waals surface area contributed by atoms with Crippen LogP contribution in [0.15, 0.2) is 18.2 Å². The molecule has 0 aromatic heterocycles. The number of amides is 2. The van der Waals surface area contributed by atoms with E-state index in [0.29, 0.717) is 19.7 Å². The van der Waals surface area contributed by atoms with E-state index in [9.17, 15) is 9.59 Å². The monoisotopic (exact) mass is 390 g/mol. The molecule has 0 bridgehead atoms. The van der Waals surface area contributed by atoms with Gasteiger partial charge in [-0.15, -0.1) is 0 Å². The predicted octanol–water partition coefficient (Wildman–Crippen LogP) is 1.57. The average molecular weight is 391 g/mol. The molecule has 1 aromatic rings. The molecule has 1 aromatic carbocycles. The van der Waals surface area contributed by atoms with Crippen LogP contribution in [-0.4, -0.2) is 63.2 Å². The highest BCUT2D eigenvalue weighted by Gasteiger charge is 2.23. The lowest BCUT2D eigenvalue weighted by molar-refractivity contribution is -0.884. The van der Waals surface area contributed by atoms with Gasteiger partial charge in [0.05, 0.1) is 6.61 Å². The summed E-state index contributed by atoms with van der Waals surface area (Å²) in [6.07, 6.45) is 5.81. The molecule has 156 valence electrons. The fourth-order valence-corrected chi connectivity index (χ4v) is 3.62. The van der Waals surface area contributed by atoms with Crippen LogP contribution in [0.2, 0.25) is 0 Å². The normalized spacial score (nSPS) is 16.2. The van der Waals surface area contributed by atoms with E-state index in [1.807, 2.05) is 36.9 Å². The van der Waals surface area contributed by atoms with Gasteiger partial charge < -0.3 is 19.9 Å². The number of rotatable bonds is 8. The van der Waals surface area contributed by atoms with Crippen molar-refractivity contribution < 1.29 is 19.2 Å². The van der Waals surface area contributed by atoms with Crippen molar-refractivity contribution in [1.82, 2.24) is 4.90 Å². The minimum absolute atomic E-state index is 0.0692. The summed E-state index contributed by atoms with van der Waals surface area (Å²) < 4.78 is 5.19. The van der Waals surface area contributed by atoms with Gasteiger partial charge in [-0.1, -0.05) is 31.4 Å². The number of carbonyl (C=O) groups is 2. The second-order valence-electron chi connectivity index (χ2n) is 7.79. The first-order chi connectivity index (χ1) is 13.5. The van der Waals surface area contributed by atoms with Crippen molar-refractivity contribution in [1.29, 1.82) is 0 Å². The van der Waals surface area contributed by atoms with E-state index in [2.05, 4.69) is 5.32 Å². The molecule has 0 spiro atoms. The number of nitrogens with zero attached hydrogens (tertiary/aromatic N) is 1. The lowest BCUT2D eigenvalue weighted by Crippen LogP contribution is -3.14. The number of carbonyl (C=O) groups excluding carboxylic acids is 2. The lowest BCUT2D eigenvalue weighted by atomic mass is 10.1. The molecule has 0 radical (unpaired) electrons. The molecule has 1 atom stereocenters. The Labute approximate surface area is 169 Å². The number of quaternary nitrogens is 1. The Kier molecular flexibility index (Phi) is 9.44. The zero-order valence-electron chi connectivity index (χ0n) is 17.7. The Morgan fingerprint density at radius 1 is 1.07 bits per heavy atom. The maximum atomic E-state index is 12.8. The second-order valence-corrected chi connectivity index (χ2v) is 7.79. The number of hydrogen-bond donors (Lipinski definition) is 2. The Bertz CT molecular complexity index is 640. The number of nitrogens with one attached hydrogen (secondary N) is 2. The molecule has 0 aliphatic carbocycles. The van der Waals surface area contributed by atoms with Crippen molar-refractivity contribution in [2.45, 2.75) is 46.0 Å². The molecule has 1 heterocycles. The SMILES string of the molecule is COCC[NH+](CC(=O)Nc1cccc(C)c1C)CC(=O)N1CCCCCCC1. The van der Waals surface area contributed by atoms with Crippen LogP contribution < -0.4 is 10.2 Å². The summed E-state index contributed by atoms with van der Waals surface area (Å²) >= 11 is 0. The van der Waals surface area contributed by atoms with Gasteiger partial charge in [0.15, 0.2) is 13.1 Å². The van der Waals surface area contributed by atoms with E-state index < -0.39 is 0 Å². The standard InChI is InChI=1S/C22H35N3O3/c1-18-10-9-11-20(19(18)2)23-21(26)16-24(14-15-28-3)17-22(27)25-12-7-5-4-6-8-13-25/h9-11H,4-8,12-17H2,1-3H3,(H,23,26)/p+1. The zero-order chi connectivity index (χ0) is 20.4. The van der Waals surface area contributed by atoms with Crippen LogP contribution in [0.5, 0.6) is 0 Å². The number of ether oxygens (including phenoxy) is 1. The molecule has 1 saturated heterocycles. The minimum atomic E-state index is -0.0692. The molecule has 2 amide bonds. The van der Waals surface area contributed by atoms with Gasteiger partial charge in [-0.3, -0.25) is 9.59 Å². The zero-order valence-corrected chi connectivity index (χ0v) is 17.7. The van der Waals surface area contributed by atoms with Crippen LogP contribution >= 0.6 is 0 Å². The Morgan fingerprint density at radius 3 is 2.43 bits per heavy atom. The highest BCUT2D eigenvalue weighted by molar-refractivity contribution is 5.92. The molecule has 6 heteroatoms. The first-order valence-electron chi connectivity index (χ1n) is 10.5. The Morgan fingerprint density at radius 2 is 1.75 bits per heavy atom. The van der Waals surface area contributed by atoms with Crippen molar-refractivity contribution in [3.8, 4) is 0 Å². The van der Waals surface area contributed by atoms with Crippen LogP contribution in [0.4, 0.5) is 5.69 Å². The fourth-order valence-electron chi connectivity index (χ4n) is 3.62. The first-order valence-corrected chi connectivity index (χ1v) is 10.5. The highest BCUT2D eigenvalue weighted by Crippen LogP contribution is 2.17. The second kappa shape index (κ2) is 11.8. The largest absolute Gasteiger partial charge is 0.379 e. The van der Waals surface area contributed by atoms with Gasteiger partial charge in [-0.05, 0) is 43.9 Å². The smallest absolute Gasteiger partial charge is 0.279 e. The molecular formula is C22H36N3O3+. The van der Waals surface area contributed by atoms with Gasteiger partial charge in [-0.2, -0.15) is 0 Å².